The SMILES string of the molecule is CCC(N)C(c1ccsc1)N1CCC(c2ccccc2)C1. The highest BCUT2D eigenvalue weighted by atomic mass is 32.1. The van der Waals surface area contributed by atoms with E-state index in [1.165, 1.54) is 17.5 Å². The van der Waals surface area contributed by atoms with Crippen molar-refractivity contribution in [2.75, 3.05) is 13.1 Å². The second-order valence-electron chi connectivity index (χ2n) is 5.96. The van der Waals surface area contributed by atoms with Crippen LogP contribution >= 0.6 is 11.3 Å². The first-order valence-electron chi connectivity index (χ1n) is 7.86. The molecule has 3 rings (SSSR count). The summed E-state index contributed by atoms with van der Waals surface area (Å²) in [6.45, 7) is 4.46. The summed E-state index contributed by atoms with van der Waals surface area (Å²) in [5, 5.41) is 4.42. The van der Waals surface area contributed by atoms with Gasteiger partial charge in [0.2, 0.25) is 0 Å². The van der Waals surface area contributed by atoms with Crippen LogP contribution in [0.15, 0.2) is 47.2 Å². The van der Waals surface area contributed by atoms with Crippen molar-refractivity contribution in [1.29, 1.82) is 0 Å². The second-order valence-corrected chi connectivity index (χ2v) is 6.74. The molecule has 0 radical (unpaired) electrons. The van der Waals surface area contributed by atoms with Gasteiger partial charge in [-0.3, -0.25) is 4.90 Å². The Kier molecular flexibility index (Phi) is 4.73. The minimum absolute atomic E-state index is 0.217. The van der Waals surface area contributed by atoms with Gasteiger partial charge in [0.15, 0.2) is 0 Å². The summed E-state index contributed by atoms with van der Waals surface area (Å²) in [6, 6.07) is 13.7. The molecule has 0 spiro atoms. The van der Waals surface area contributed by atoms with Crippen molar-refractivity contribution in [2.45, 2.75) is 37.8 Å². The summed E-state index contributed by atoms with van der Waals surface area (Å²) in [6.07, 6.45) is 2.26. The van der Waals surface area contributed by atoms with Gasteiger partial charge in [-0.2, -0.15) is 11.3 Å². The van der Waals surface area contributed by atoms with Crippen LogP contribution < -0.4 is 5.73 Å². The van der Waals surface area contributed by atoms with Crippen LogP contribution in [-0.4, -0.2) is 24.0 Å². The number of nitrogens with zero attached hydrogens (tertiary/aromatic N) is 1. The van der Waals surface area contributed by atoms with E-state index in [1.54, 1.807) is 11.3 Å². The molecule has 3 unspecified atom stereocenters. The number of nitrogens with two attached hydrogens (primary N) is 1. The van der Waals surface area contributed by atoms with Gasteiger partial charge in [0, 0.05) is 12.6 Å². The predicted molar refractivity (Wildman–Crippen MR) is 90.7 cm³/mol. The van der Waals surface area contributed by atoms with Gasteiger partial charge in [-0.25, -0.2) is 0 Å². The number of thiophene rings is 1. The molecular weight excluding hydrogens is 276 g/mol. The van der Waals surface area contributed by atoms with Crippen molar-refractivity contribution in [3.8, 4) is 0 Å². The molecule has 2 nitrogen and oxygen atoms in total. The molecule has 21 heavy (non-hydrogen) atoms. The van der Waals surface area contributed by atoms with E-state index < -0.39 is 0 Å². The molecule has 3 atom stereocenters. The summed E-state index contributed by atoms with van der Waals surface area (Å²) >= 11 is 1.77. The van der Waals surface area contributed by atoms with E-state index in [0.29, 0.717) is 12.0 Å². The first-order chi connectivity index (χ1) is 10.3. The van der Waals surface area contributed by atoms with Gasteiger partial charge in [0.1, 0.15) is 0 Å². The van der Waals surface area contributed by atoms with Gasteiger partial charge in [-0.05, 0) is 53.3 Å². The van der Waals surface area contributed by atoms with Crippen LogP contribution in [0.5, 0.6) is 0 Å². The highest BCUT2D eigenvalue weighted by molar-refractivity contribution is 7.07. The van der Waals surface area contributed by atoms with E-state index in [0.717, 1.165) is 19.5 Å². The molecule has 3 heteroatoms. The van der Waals surface area contributed by atoms with Crippen molar-refractivity contribution in [3.05, 3.63) is 58.3 Å². The van der Waals surface area contributed by atoms with E-state index in [-0.39, 0.29) is 6.04 Å². The molecule has 0 amide bonds. The van der Waals surface area contributed by atoms with E-state index in [9.17, 15) is 0 Å². The smallest absolute Gasteiger partial charge is 0.0507 e. The highest BCUT2D eigenvalue weighted by Crippen LogP contribution is 2.35. The molecule has 1 aromatic heterocycles. The average Bonchev–Trinajstić information content (AvgIpc) is 3.20. The molecule has 0 aliphatic carbocycles. The zero-order valence-electron chi connectivity index (χ0n) is 12.6. The molecule has 1 saturated heterocycles. The lowest BCUT2D eigenvalue weighted by Gasteiger charge is -2.32. The van der Waals surface area contributed by atoms with E-state index >= 15 is 0 Å². The largest absolute Gasteiger partial charge is 0.326 e. The Labute approximate surface area is 131 Å². The van der Waals surface area contributed by atoms with Crippen LogP contribution in [0.2, 0.25) is 0 Å². The molecule has 0 bridgehead atoms. The summed E-state index contributed by atoms with van der Waals surface area (Å²) in [7, 11) is 0. The Morgan fingerprint density at radius 3 is 2.76 bits per heavy atom. The number of hydrogen-bond donors (Lipinski definition) is 1. The molecule has 2 heterocycles. The Morgan fingerprint density at radius 2 is 2.10 bits per heavy atom. The van der Waals surface area contributed by atoms with E-state index in [4.69, 9.17) is 5.73 Å². The topological polar surface area (TPSA) is 29.3 Å². The molecule has 2 N–H and O–H groups in total. The standard InChI is InChI=1S/C18H24N2S/c1-2-17(19)18(16-9-11-21-13-16)20-10-8-15(12-20)14-6-4-3-5-7-14/h3-7,9,11,13,15,17-18H,2,8,10,12,19H2,1H3. The Balaban J connectivity index is 1.76. The Morgan fingerprint density at radius 1 is 1.29 bits per heavy atom. The lowest BCUT2D eigenvalue weighted by atomic mass is 9.97. The van der Waals surface area contributed by atoms with Crippen LogP contribution in [0.1, 0.15) is 42.9 Å². The maximum absolute atomic E-state index is 6.44. The van der Waals surface area contributed by atoms with Crippen LogP contribution in [-0.2, 0) is 0 Å². The molecule has 1 aliphatic heterocycles. The first-order valence-corrected chi connectivity index (χ1v) is 8.80. The molecule has 1 fully saturated rings. The lowest BCUT2D eigenvalue weighted by Crippen LogP contribution is -2.39. The third-order valence-electron chi connectivity index (χ3n) is 4.65. The Hall–Kier alpha value is -1.16. The summed E-state index contributed by atoms with van der Waals surface area (Å²) < 4.78 is 0. The average molecular weight is 300 g/mol. The highest BCUT2D eigenvalue weighted by Gasteiger charge is 2.32. The van der Waals surface area contributed by atoms with Crippen LogP contribution in [0.25, 0.3) is 0 Å². The van der Waals surface area contributed by atoms with Crippen LogP contribution in [0.4, 0.5) is 0 Å². The van der Waals surface area contributed by atoms with Crippen molar-refractivity contribution in [1.82, 2.24) is 4.90 Å². The van der Waals surface area contributed by atoms with Gasteiger partial charge in [0.05, 0.1) is 6.04 Å². The fourth-order valence-electron chi connectivity index (χ4n) is 3.43. The van der Waals surface area contributed by atoms with Crippen LogP contribution in [0.3, 0.4) is 0 Å². The summed E-state index contributed by atoms with van der Waals surface area (Å²) in [4.78, 5) is 2.59. The minimum atomic E-state index is 0.217. The number of benzene rings is 1. The zero-order chi connectivity index (χ0) is 14.7. The lowest BCUT2D eigenvalue weighted by molar-refractivity contribution is 0.207. The minimum Gasteiger partial charge on any atom is -0.326 e. The number of likely N-dealkylation sites (tertiary alicyclic amines) is 1. The van der Waals surface area contributed by atoms with Crippen molar-refractivity contribution < 1.29 is 0 Å². The van der Waals surface area contributed by atoms with Gasteiger partial charge in [-0.1, -0.05) is 37.3 Å². The summed E-state index contributed by atoms with van der Waals surface area (Å²) in [5.74, 6) is 0.649. The molecular formula is C18H24N2S. The van der Waals surface area contributed by atoms with Gasteiger partial charge < -0.3 is 5.73 Å². The fourth-order valence-corrected chi connectivity index (χ4v) is 4.12. The molecule has 2 aromatic rings. The normalized spacial score (nSPS) is 22.3. The fraction of sp³-hybridized carbons (Fsp3) is 0.444. The van der Waals surface area contributed by atoms with Crippen molar-refractivity contribution in [2.24, 2.45) is 5.73 Å². The van der Waals surface area contributed by atoms with Crippen molar-refractivity contribution >= 4 is 11.3 Å². The zero-order valence-corrected chi connectivity index (χ0v) is 13.4. The third kappa shape index (κ3) is 3.20. The third-order valence-corrected chi connectivity index (χ3v) is 5.35. The first kappa shape index (κ1) is 14.8. The predicted octanol–water partition coefficient (Wildman–Crippen LogP) is 4.02. The van der Waals surface area contributed by atoms with Crippen molar-refractivity contribution in [3.63, 3.8) is 0 Å². The molecule has 1 aromatic carbocycles. The van der Waals surface area contributed by atoms with Gasteiger partial charge >= 0.3 is 0 Å². The second kappa shape index (κ2) is 6.73. The number of rotatable bonds is 5. The Bertz CT molecular complexity index is 538. The summed E-state index contributed by atoms with van der Waals surface area (Å²) in [5.41, 5.74) is 9.29. The monoisotopic (exact) mass is 300 g/mol. The maximum atomic E-state index is 6.44. The van der Waals surface area contributed by atoms with E-state index in [1.807, 2.05) is 0 Å². The molecule has 0 saturated carbocycles. The van der Waals surface area contributed by atoms with E-state index in [2.05, 4.69) is 59.0 Å². The molecule has 1 aliphatic rings. The van der Waals surface area contributed by atoms with Gasteiger partial charge in [0.25, 0.3) is 0 Å². The van der Waals surface area contributed by atoms with Gasteiger partial charge in [-0.15, -0.1) is 0 Å². The molecule has 112 valence electrons. The number of hydrogen-bond acceptors (Lipinski definition) is 3. The maximum Gasteiger partial charge on any atom is 0.0507 e. The van der Waals surface area contributed by atoms with Crippen LogP contribution in [0, 0.1) is 0 Å². The quantitative estimate of drug-likeness (QED) is 0.904.